The van der Waals surface area contributed by atoms with Crippen molar-refractivity contribution in [3.05, 3.63) is 66.5 Å². The molecule has 1 N–H and O–H groups in total. The van der Waals surface area contributed by atoms with Gasteiger partial charge in [0.05, 0.1) is 5.56 Å². The van der Waals surface area contributed by atoms with Crippen LogP contribution in [0.3, 0.4) is 0 Å². The fourth-order valence-electron chi connectivity index (χ4n) is 2.95. The molecule has 0 atom stereocenters. The molecule has 0 saturated carbocycles. The Morgan fingerprint density at radius 2 is 1.50 bits per heavy atom. The summed E-state index contributed by atoms with van der Waals surface area (Å²) in [5, 5.41) is 2.85. The number of piperazine rings is 1. The molecule has 9 heteroatoms. The molecule has 28 heavy (non-hydrogen) atoms. The van der Waals surface area contributed by atoms with E-state index in [0.29, 0.717) is 18.1 Å². The summed E-state index contributed by atoms with van der Waals surface area (Å²) >= 11 is 0. The zero-order valence-corrected chi connectivity index (χ0v) is 15.3. The Bertz CT molecular complexity index is 896. The van der Waals surface area contributed by atoms with Crippen molar-refractivity contribution in [1.82, 2.24) is 30.2 Å². The molecule has 0 unspecified atom stereocenters. The Hall–Kier alpha value is -3.62. The van der Waals surface area contributed by atoms with Crippen molar-refractivity contribution in [2.75, 3.05) is 36.0 Å². The van der Waals surface area contributed by atoms with Gasteiger partial charge >= 0.3 is 0 Å². The molecule has 1 aliphatic rings. The smallest absolute Gasteiger partial charge is 0.254 e. The zero-order valence-electron chi connectivity index (χ0n) is 15.3. The summed E-state index contributed by atoms with van der Waals surface area (Å²) in [5.41, 5.74) is 1.37. The largest absolute Gasteiger partial charge is 0.348 e. The van der Waals surface area contributed by atoms with E-state index in [1.807, 2.05) is 18.2 Å². The van der Waals surface area contributed by atoms with Crippen LogP contribution >= 0.6 is 0 Å². The molecule has 4 rings (SSSR count). The van der Waals surface area contributed by atoms with Gasteiger partial charge in [-0.3, -0.25) is 9.78 Å². The van der Waals surface area contributed by atoms with Crippen molar-refractivity contribution in [1.29, 1.82) is 0 Å². The van der Waals surface area contributed by atoms with Crippen LogP contribution in [0.25, 0.3) is 0 Å². The number of hydrogen-bond acceptors (Lipinski definition) is 8. The Labute approximate surface area is 162 Å². The van der Waals surface area contributed by atoms with Crippen molar-refractivity contribution in [2.24, 2.45) is 0 Å². The van der Waals surface area contributed by atoms with E-state index in [0.717, 1.165) is 37.7 Å². The Morgan fingerprint density at radius 1 is 0.857 bits per heavy atom. The van der Waals surface area contributed by atoms with Gasteiger partial charge in [0, 0.05) is 69.9 Å². The van der Waals surface area contributed by atoms with Crippen molar-refractivity contribution in [3.8, 4) is 0 Å². The number of hydrogen-bond donors (Lipinski definition) is 1. The molecule has 142 valence electrons. The summed E-state index contributed by atoms with van der Waals surface area (Å²) in [4.78, 5) is 37.8. The molecule has 1 fully saturated rings. The monoisotopic (exact) mass is 376 g/mol. The first kappa shape index (κ1) is 17.8. The third-order valence-electron chi connectivity index (χ3n) is 4.47. The normalized spacial score (nSPS) is 14.0. The molecule has 0 bridgehead atoms. The van der Waals surface area contributed by atoms with Crippen molar-refractivity contribution in [3.63, 3.8) is 0 Å². The van der Waals surface area contributed by atoms with Crippen LogP contribution in [0.15, 0.2) is 55.4 Å². The van der Waals surface area contributed by atoms with Gasteiger partial charge in [0.15, 0.2) is 0 Å². The predicted octanol–water partition coefficient (Wildman–Crippen LogP) is 0.918. The highest BCUT2D eigenvalue weighted by Crippen LogP contribution is 2.14. The van der Waals surface area contributed by atoms with E-state index >= 15 is 0 Å². The highest BCUT2D eigenvalue weighted by molar-refractivity contribution is 5.93. The number of pyridine rings is 1. The predicted molar refractivity (Wildman–Crippen MR) is 104 cm³/mol. The van der Waals surface area contributed by atoms with Gasteiger partial charge in [0.2, 0.25) is 11.9 Å². The Balaban J connectivity index is 1.31. The van der Waals surface area contributed by atoms with Gasteiger partial charge in [-0.25, -0.2) is 19.9 Å². The van der Waals surface area contributed by atoms with Crippen molar-refractivity contribution < 1.29 is 4.79 Å². The van der Waals surface area contributed by atoms with Crippen molar-refractivity contribution in [2.45, 2.75) is 6.54 Å². The van der Waals surface area contributed by atoms with Crippen LogP contribution in [0, 0.1) is 0 Å². The van der Waals surface area contributed by atoms with E-state index in [-0.39, 0.29) is 5.91 Å². The first-order chi connectivity index (χ1) is 13.8. The molecule has 0 aliphatic carbocycles. The summed E-state index contributed by atoms with van der Waals surface area (Å²) in [5.74, 6) is 1.16. The molecule has 9 nitrogen and oxygen atoms in total. The molecular weight excluding hydrogens is 356 g/mol. The maximum atomic E-state index is 12.3. The first-order valence-electron chi connectivity index (χ1n) is 9.06. The number of rotatable bonds is 5. The lowest BCUT2D eigenvalue weighted by molar-refractivity contribution is 0.0950. The molecule has 0 radical (unpaired) electrons. The standard InChI is InChI=1S/C19H20N8O/c28-17(23-12-15-3-1-4-20-11-15)16-13-24-19(25-14-16)27-9-7-26(8-10-27)18-21-5-2-6-22-18/h1-6,11,13-14H,7-10,12H2,(H,23,28). The number of anilines is 2. The fraction of sp³-hybridized carbons (Fsp3) is 0.263. The topological polar surface area (TPSA) is 100 Å². The molecule has 1 amide bonds. The van der Waals surface area contributed by atoms with Crippen LogP contribution in [0.5, 0.6) is 0 Å². The zero-order chi connectivity index (χ0) is 19.2. The number of amides is 1. The van der Waals surface area contributed by atoms with Crippen LogP contribution in [0.2, 0.25) is 0 Å². The van der Waals surface area contributed by atoms with Gasteiger partial charge in [-0.15, -0.1) is 0 Å². The lowest BCUT2D eigenvalue weighted by Crippen LogP contribution is -2.47. The summed E-state index contributed by atoms with van der Waals surface area (Å²) in [6, 6.07) is 5.55. The van der Waals surface area contributed by atoms with Gasteiger partial charge in [-0.05, 0) is 17.7 Å². The average Bonchev–Trinajstić information content (AvgIpc) is 2.79. The maximum Gasteiger partial charge on any atom is 0.254 e. The number of carbonyl (C=O) groups is 1. The summed E-state index contributed by atoms with van der Waals surface area (Å²) in [6.07, 6.45) is 10.0. The molecule has 0 aromatic carbocycles. The highest BCUT2D eigenvalue weighted by Gasteiger charge is 2.20. The highest BCUT2D eigenvalue weighted by atomic mass is 16.1. The molecule has 3 aromatic rings. The van der Waals surface area contributed by atoms with Crippen molar-refractivity contribution >= 4 is 17.8 Å². The molecule has 1 saturated heterocycles. The summed E-state index contributed by atoms with van der Waals surface area (Å²) in [7, 11) is 0. The van der Waals surface area contributed by atoms with E-state index in [2.05, 4.69) is 40.0 Å². The van der Waals surface area contributed by atoms with Crippen LogP contribution in [-0.2, 0) is 6.54 Å². The molecule has 0 spiro atoms. The number of nitrogens with one attached hydrogen (secondary N) is 1. The number of nitrogens with zero attached hydrogens (tertiary/aromatic N) is 7. The minimum atomic E-state index is -0.207. The number of carbonyl (C=O) groups excluding carboxylic acids is 1. The lowest BCUT2D eigenvalue weighted by atomic mass is 10.2. The van der Waals surface area contributed by atoms with Gasteiger partial charge < -0.3 is 15.1 Å². The van der Waals surface area contributed by atoms with Crippen LogP contribution in [0.1, 0.15) is 15.9 Å². The second kappa shape index (κ2) is 8.38. The Kier molecular flexibility index (Phi) is 5.32. The minimum Gasteiger partial charge on any atom is -0.348 e. The quantitative estimate of drug-likeness (QED) is 0.702. The maximum absolute atomic E-state index is 12.3. The van der Waals surface area contributed by atoms with E-state index in [4.69, 9.17) is 0 Å². The third-order valence-corrected chi connectivity index (χ3v) is 4.47. The fourth-order valence-corrected chi connectivity index (χ4v) is 2.95. The van der Waals surface area contributed by atoms with E-state index in [9.17, 15) is 4.79 Å². The van der Waals surface area contributed by atoms with Gasteiger partial charge in [-0.1, -0.05) is 6.07 Å². The van der Waals surface area contributed by atoms with Gasteiger partial charge in [0.25, 0.3) is 5.91 Å². The van der Waals surface area contributed by atoms with Gasteiger partial charge in [0.1, 0.15) is 0 Å². The summed E-state index contributed by atoms with van der Waals surface area (Å²) in [6.45, 7) is 3.54. The van der Waals surface area contributed by atoms with Crippen LogP contribution in [-0.4, -0.2) is 57.0 Å². The Morgan fingerprint density at radius 3 is 2.11 bits per heavy atom. The second-order valence-electron chi connectivity index (χ2n) is 6.34. The lowest BCUT2D eigenvalue weighted by Gasteiger charge is -2.34. The van der Waals surface area contributed by atoms with Gasteiger partial charge in [-0.2, -0.15) is 0 Å². The van der Waals surface area contributed by atoms with Crippen LogP contribution in [0.4, 0.5) is 11.9 Å². The van der Waals surface area contributed by atoms with Crippen LogP contribution < -0.4 is 15.1 Å². The minimum absolute atomic E-state index is 0.207. The molecule has 4 heterocycles. The molecule has 1 aliphatic heterocycles. The second-order valence-corrected chi connectivity index (χ2v) is 6.34. The number of aromatic nitrogens is 5. The average molecular weight is 376 g/mol. The van der Waals surface area contributed by atoms with E-state index in [1.165, 1.54) is 0 Å². The molecular formula is C19H20N8O. The SMILES string of the molecule is O=C(NCc1cccnc1)c1cnc(N2CCN(c3ncccn3)CC2)nc1. The van der Waals surface area contributed by atoms with E-state index < -0.39 is 0 Å². The van der Waals surface area contributed by atoms with E-state index in [1.54, 1.807) is 37.2 Å². The third kappa shape index (κ3) is 4.20. The molecule has 3 aromatic heterocycles. The first-order valence-corrected chi connectivity index (χ1v) is 9.06. The summed E-state index contributed by atoms with van der Waals surface area (Å²) < 4.78 is 0.